The third-order valence-electron chi connectivity index (χ3n) is 4.70. The molecule has 4 rings (SSSR count). The van der Waals surface area contributed by atoms with Crippen LogP contribution in [0.3, 0.4) is 0 Å². The highest BCUT2D eigenvalue weighted by atomic mass is 35.5. The van der Waals surface area contributed by atoms with Crippen molar-refractivity contribution >= 4 is 29.0 Å². The number of carbonyl (C=O) groups excluding carboxylic acids is 1. The van der Waals surface area contributed by atoms with Crippen LogP contribution in [-0.2, 0) is 11.2 Å². The zero-order chi connectivity index (χ0) is 18.1. The van der Waals surface area contributed by atoms with E-state index in [1.807, 2.05) is 42.2 Å². The highest BCUT2D eigenvalue weighted by Gasteiger charge is 2.22. The number of hydrogen-bond donors (Lipinski definition) is 0. The van der Waals surface area contributed by atoms with Crippen LogP contribution in [0.2, 0.25) is 5.02 Å². The van der Waals surface area contributed by atoms with Crippen molar-refractivity contribution in [2.24, 2.45) is 0 Å². The van der Waals surface area contributed by atoms with Crippen LogP contribution in [0.4, 0.5) is 5.82 Å². The van der Waals surface area contributed by atoms with E-state index in [2.05, 4.69) is 20.2 Å². The molecule has 8 heteroatoms. The molecular formula is C18H19ClN6O. The van der Waals surface area contributed by atoms with Crippen LogP contribution >= 0.6 is 11.6 Å². The van der Waals surface area contributed by atoms with Gasteiger partial charge >= 0.3 is 0 Å². The van der Waals surface area contributed by atoms with Crippen molar-refractivity contribution in [2.45, 2.75) is 13.3 Å². The third-order valence-corrected chi connectivity index (χ3v) is 5.10. The lowest BCUT2D eigenvalue weighted by atomic mass is 10.1. The van der Waals surface area contributed by atoms with Crippen molar-refractivity contribution in [2.75, 3.05) is 31.1 Å². The monoisotopic (exact) mass is 370 g/mol. The summed E-state index contributed by atoms with van der Waals surface area (Å²) in [5, 5.41) is 13.0. The molecule has 0 bridgehead atoms. The highest BCUT2D eigenvalue weighted by Crippen LogP contribution is 2.18. The van der Waals surface area contributed by atoms with Crippen LogP contribution in [-0.4, -0.2) is 56.8 Å². The van der Waals surface area contributed by atoms with Gasteiger partial charge in [0.25, 0.3) is 0 Å². The number of nitrogens with zero attached hydrogens (tertiary/aromatic N) is 6. The van der Waals surface area contributed by atoms with Gasteiger partial charge in [-0.2, -0.15) is 4.52 Å². The molecular weight excluding hydrogens is 352 g/mol. The molecule has 26 heavy (non-hydrogen) atoms. The first kappa shape index (κ1) is 16.8. The SMILES string of the molecule is Cc1ccc(CC(=O)N2CCN(c3ccc4nncn4n3)CC2)cc1Cl. The summed E-state index contributed by atoms with van der Waals surface area (Å²) in [7, 11) is 0. The summed E-state index contributed by atoms with van der Waals surface area (Å²) in [6.07, 6.45) is 1.97. The smallest absolute Gasteiger partial charge is 0.227 e. The first-order valence-electron chi connectivity index (χ1n) is 8.55. The van der Waals surface area contributed by atoms with E-state index in [0.717, 1.165) is 35.7 Å². The maximum Gasteiger partial charge on any atom is 0.227 e. The topological polar surface area (TPSA) is 66.6 Å². The van der Waals surface area contributed by atoms with E-state index < -0.39 is 0 Å². The lowest BCUT2D eigenvalue weighted by molar-refractivity contribution is -0.130. The second kappa shape index (κ2) is 6.92. The van der Waals surface area contributed by atoms with Crippen molar-refractivity contribution in [1.29, 1.82) is 0 Å². The summed E-state index contributed by atoms with van der Waals surface area (Å²) >= 11 is 6.15. The van der Waals surface area contributed by atoms with Gasteiger partial charge in [-0.3, -0.25) is 4.79 Å². The molecule has 7 nitrogen and oxygen atoms in total. The highest BCUT2D eigenvalue weighted by molar-refractivity contribution is 6.31. The maximum absolute atomic E-state index is 12.6. The number of aromatic nitrogens is 4. The average molecular weight is 371 g/mol. The van der Waals surface area contributed by atoms with Crippen LogP contribution in [0.15, 0.2) is 36.7 Å². The van der Waals surface area contributed by atoms with Crippen molar-refractivity contribution in [3.05, 3.63) is 52.8 Å². The summed E-state index contributed by atoms with van der Waals surface area (Å²) in [6.45, 7) is 4.82. The quantitative estimate of drug-likeness (QED) is 0.705. The summed E-state index contributed by atoms with van der Waals surface area (Å²) in [4.78, 5) is 16.7. The molecule has 0 aliphatic carbocycles. The van der Waals surface area contributed by atoms with E-state index >= 15 is 0 Å². The number of carbonyl (C=O) groups is 1. The molecule has 1 amide bonds. The van der Waals surface area contributed by atoms with Gasteiger partial charge in [-0.15, -0.1) is 15.3 Å². The predicted octanol–water partition coefficient (Wildman–Crippen LogP) is 1.98. The van der Waals surface area contributed by atoms with Crippen LogP contribution in [0.25, 0.3) is 5.65 Å². The van der Waals surface area contributed by atoms with E-state index in [1.165, 1.54) is 0 Å². The van der Waals surface area contributed by atoms with Crippen molar-refractivity contribution < 1.29 is 4.79 Å². The molecule has 2 aromatic heterocycles. The number of anilines is 1. The Labute approximate surface area is 156 Å². The van der Waals surface area contributed by atoms with Gasteiger partial charge in [-0.25, -0.2) is 0 Å². The first-order valence-corrected chi connectivity index (χ1v) is 8.93. The molecule has 3 aromatic rings. The molecule has 134 valence electrons. The summed E-state index contributed by atoms with van der Waals surface area (Å²) in [6, 6.07) is 9.64. The molecule has 1 aliphatic rings. The molecule has 0 spiro atoms. The van der Waals surface area contributed by atoms with Crippen LogP contribution in [0.1, 0.15) is 11.1 Å². The Bertz CT molecular complexity index is 948. The Morgan fingerprint density at radius 2 is 1.96 bits per heavy atom. The zero-order valence-corrected chi connectivity index (χ0v) is 15.2. The molecule has 0 unspecified atom stereocenters. The maximum atomic E-state index is 12.6. The third kappa shape index (κ3) is 3.35. The molecule has 0 radical (unpaired) electrons. The number of halogens is 1. The Kier molecular flexibility index (Phi) is 4.46. The number of benzene rings is 1. The van der Waals surface area contributed by atoms with E-state index in [0.29, 0.717) is 24.5 Å². The van der Waals surface area contributed by atoms with Gasteiger partial charge in [0.15, 0.2) is 5.65 Å². The molecule has 0 N–H and O–H groups in total. The second-order valence-corrected chi connectivity index (χ2v) is 6.86. The predicted molar refractivity (Wildman–Crippen MR) is 99.5 cm³/mol. The lowest BCUT2D eigenvalue weighted by Gasteiger charge is -2.35. The molecule has 1 fully saturated rings. The minimum absolute atomic E-state index is 0.131. The van der Waals surface area contributed by atoms with E-state index in [9.17, 15) is 4.79 Å². The van der Waals surface area contributed by atoms with Crippen molar-refractivity contribution in [1.82, 2.24) is 24.7 Å². The number of fused-ring (bicyclic) bond motifs is 1. The van der Waals surface area contributed by atoms with Gasteiger partial charge in [0.2, 0.25) is 5.91 Å². The van der Waals surface area contributed by atoms with Gasteiger partial charge in [0, 0.05) is 31.2 Å². The number of hydrogen-bond acceptors (Lipinski definition) is 5. The fraction of sp³-hybridized carbons (Fsp3) is 0.333. The largest absolute Gasteiger partial charge is 0.352 e. The van der Waals surface area contributed by atoms with Crippen molar-refractivity contribution in [3.8, 4) is 0 Å². The molecule has 1 aliphatic heterocycles. The van der Waals surface area contributed by atoms with Gasteiger partial charge < -0.3 is 9.80 Å². The lowest BCUT2D eigenvalue weighted by Crippen LogP contribution is -2.49. The minimum Gasteiger partial charge on any atom is -0.352 e. The average Bonchev–Trinajstić information content (AvgIpc) is 3.12. The van der Waals surface area contributed by atoms with E-state index in [4.69, 9.17) is 11.6 Å². The van der Waals surface area contributed by atoms with Gasteiger partial charge in [0.05, 0.1) is 6.42 Å². The summed E-state index contributed by atoms with van der Waals surface area (Å²) < 4.78 is 1.66. The van der Waals surface area contributed by atoms with Gasteiger partial charge in [-0.05, 0) is 36.2 Å². The Morgan fingerprint density at radius 3 is 2.73 bits per heavy atom. The number of amides is 1. The minimum atomic E-state index is 0.131. The number of piperazine rings is 1. The molecule has 1 aromatic carbocycles. The van der Waals surface area contributed by atoms with Crippen molar-refractivity contribution in [3.63, 3.8) is 0 Å². The standard InChI is InChI=1S/C18H19ClN6O/c1-13-2-3-14(10-15(13)19)11-18(26)24-8-6-23(7-9-24)17-5-4-16-21-20-12-25(16)22-17/h2-5,10,12H,6-9,11H2,1H3. The normalized spacial score (nSPS) is 14.8. The molecule has 0 atom stereocenters. The Morgan fingerprint density at radius 1 is 1.15 bits per heavy atom. The van der Waals surface area contributed by atoms with Crippen LogP contribution in [0, 0.1) is 6.92 Å². The molecule has 3 heterocycles. The Hall–Kier alpha value is -2.67. The number of rotatable bonds is 3. The van der Waals surface area contributed by atoms with E-state index in [-0.39, 0.29) is 5.91 Å². The first-order chi connectivity index (χ1) is 12.6. The van der Waals surface area contributed by atoms with Gasteiger partial charge in [0.1, 0.15) is 12.1 Å². The second-order valence-electron chi connectivity index (χ2n) is 6.45. The van der Waals surface area contributed by atoms with Gasteiger partial charge in [-0.1, -0.05) is 23.7 Å². The molecule has 0 saturated carbocycles. The number of aryl methyl sites for hydroxylation is 1. The Balaban J connectivity index is 1.37. The molecule has 1 saturated heterocycles. The van der Waals surface area contributed by atoms with Crippen LogP contribution < -0.4 is 4.90 Å². The summed E-state index contributed by atoms with van der Waals surface area (Å²) in [5.41, 5.74) is 2.70. The summed E-state index contributed by atoms with van der Waals surface area (Å²) in [5.74, 6) is 1.00. The fourth-order valence-electron chi connectivity index (χ4n) is 3.10. The zero-order valence-electron chi connectivity index (χ0n) is 14.5. The fourth-order valence-corrected chi connectivity index (χ4v) is 3.31. The van der Waals surface area contributed by atoms with E-state index in [1.54, 1.807) is 10.8 Å². The van der Waals surface area contributed by atoms with Crippen LogP contribution in [0.5, 0.6) is 0 Å².